The minimum Gasteiger partial charge on any atom is -0.447 e. The van der Waals surface area contributed by atoms with Crippen LogP contribution < -0.4 is 21.3 Å². The third kappa shape index (κ3) is 12.6. The molecule has 59 heavy (non-hydrogen) atoms. The van der Waals surface area contributed by atoms with Gasteiger partial charge in [0.25, 0.3) is 11.8 Å². The van der Waals surface area contributed by atoms with Crippen molar-refractivity contribution in [3.8, 4) is 0 Å². The average Bonchev–Trinajstić information content (AvgIpc) is 3.57. The van der Waals surface area contributed by atoms with Gasteiger partial charge in [0.2, 0.25) is 35.5 Å². The standard InChI is InChI=1S/C42H56N6O9S2/c1-8-16-29(33(51)37(53)43-24-31(50)45-32(39(55)47(6)7)27-17-11-9-12-18-27)44-36(52)30-23-42(58-21-15-22-59-42)25-48(30)40(56)35(41(3,4)5)46-38(54)34(57-26(2)49)28-19-13-10-14-20-28/h9-14,17-20,29-30,32,34-35H,8,15-16,21-25H2,1-7H3,(H,43,53)(H,44,52)(H,45,50)(H,46,54)/t29?,30-,32?,34-,35+/m0/s1. The summed E-state index contributed by atoms with van der Waals surface area (Å²) in [5.41, 5.74) is 0.0908. The minimum atomic E-state index is -1.33. The monoisotopic (exact) mass is 852 g/mol. The highest BCUT2D eigenvalue weighted by Crippen LogP contribution is 2.50. The van der Waals surface area contributed by atoms with Gasteiger partial charge >= 0.3 is 5.97 Å². The first-order valence-corrected chi connectivity index (χ1v) is 21.6. The van der Waals surface area contributed by atoms with Crippen molar-refractivity contribution in [3.05, 3.63) is 71.8 Å². The number of esters is 1. The zero-order valence-electron chi connectivity index (χ0n) is 34.7. The topological polar surface area (TPSA) is 200 Å². The maximum absolute atomic E-state index is 14.7. The van der Waals surface area contributed by atoms with E-state index >= 15 is 0 Å². The van der Waals surface area contributed by atoms with E-state index in [1.54, 1.807) is 126 Å². The number of carbonyl (C=O) groups excluding carboxylic acids is 8. The SMILES string of the molecule is CCCC(NC(=O)[C@@H]1CC2(CN1C(=O)[C@@H](NC(=O)[C@@H](OC(C)=O)c1ccccc1)C(C)(C)C)SCCCS2)C(=O)C(=O)NCC(=O)NC(C(=O)N(C)C)c1ccccc1. The Bertz CT molecular complexity index is 1850. The Morgan fingerprint density at radius 3 is 2.02 bits per heavy atom. The summed E-state index contributed by atoms with van der Waals surface area (Å²) in [6, 6.07) is 12.5. The number of ketones is 1. The second-order valence-corrected chi connectivity index (χ2v) is 19.1. The summed E-state index contributed by atoms with van der Waals surface area (Å²) < 4.78 is 4.89. The van der Waals surface area contributed by atoms with Gasteiger partial charge in [-0.2, -0.15) is 0 Å². The van der Waals surface area contributed by atoms with E-state index in [0.29, 0.717) is 17.5 Å². The van der Waals surface area contributed by atoms with Gasteiger partial charge in [0.15, 0.2) is 0 Å². The van der Waals surface area contributed by atoms with Crippen molar-refractivity contribution in [3.63, 3.8) is 0 Å². The summed E-state index contributed by atoms with van der Waals surface area (Å²) in [6.45, 7) is 7.90. The summed E-state index contributed by atoms with van der Waals surface area (Å²) in [4.78, 5) is 110. The Kier molecular flexibility index (Phi) is 16.6. The van der Waals surface area contributed by atoms with Gasteiger partial charge in [0, 0.05) is 39.5 Å². The number of hydrogen-bond donors (Lipinski definition) is 4. The maximum atomic E-state index is 14.7. The molecule has 2 unspecified atom stereocenters. The normalized spacial score (nSPS) is 18.0. The lowest BCUT2D eigenvalue weighted by Gasteiger charge is -2.37. The predicted octanol–water partition coefficient (Wildman–Crippen LogP) is 2.90. The number of hydrogen-bond acceptors (Lipinski definition) is 11. The van der Waals surface area contributed by atoms with Crippen LogP contribution in [0.4, 0.5) is 0 Å². The fourth-order valence-electron chi connectivity index (χ4n) is 6.86. The molecule has 4 N–H and O–H groups in total. The summed E-state index contributed by atoms with van der Waals surface area (Å²) in [7, 11) is 3.10. The number of Topliss-reactive ketones (excluding diaryl/α,β-unsaturated/α-hetero) is 1. The van der Waals surface area contributed by atoms with E-state index in [1.165, 1.54) is 16.7 Å². The number of benzene rings is 2. The van der Waals surface area contributed by atoms with Gasteiger partial charge in [-0.05, 0) is 35.3 Å². The van der Waals surface area contributed by atoms with Gasteiger partial charge in [-0.15, -0.1) is 23.5 Å². The molecule has 2 aromatic carbocycles. The Morgan fingerprint density at radius 2 is 1.47 bits per heavy atom. The first kappa shape index (κ1) is 46.8. The van der Waals surface area contributed by atoms with Crippen LogP contribution in [0.25, 0.3) is 0 Å². The summed E-state index contributed by atoms with van der Waals surface area (Å²) in [5.74, 6) is -4.06. The number of thioether (sulfide) groups is 2. The summed E-state index contributed by atoms with van der Waals surface area (Å²) in [5, 5.41) is 10.5. The highest BCUT2D eigenvalue weighted by Gasteiger charge is 2.53. The van der Waals surface area contributed by atoms with E-state index in [2.05, 4.69) is 21.3 Å². The molecule has 17 heteroatoms. The summed E-state index contributed by atoms with van der Waals surface area (Å²) >= 11 is 3.33. The van der Waals surface area contributed by atoms with Crippen molar-refractivity contribution < 1.29 is 43.1 Å². The molecule has 2 fully saturated rings. The molecule has 15 nitrogen and oxygen atoms in total. The van der Waals surface area contributed by atoms with Gasteiger partial charge < -0.3 is 35.8 Å². The minimum absolute atomic E-state index is 0.102. The molecule has 4 rings (SSSR count). The molecule has 2 heterocycles. The fraction of sp³-hybridized carbons (Fsp3) is 0.524. The molecule has 2 saturated heterocycles. The first-order chi connectivity index (χ1) is 27.9. The van der Waals surface area contributed by atoms with Crippen LogP contribution in [0.1, 0.15) is 83.6 Å². The van der Waals surface area contributed by atoms with Gasteiger partial charge in [-0.3, -0.25) is 38.4 Å². The van der Waals surface area contributed by atoms with E-state index in [0.717, 1.165) is 17.9 Å². The van der Waals surface area contributed by atoms with E-state index < -0.39 is 93.5 Å². The Balaban J connectivity index is 1.52. The highest BCUT2D eigenvalue weighted by atomic mass is 32.2. The quantitative estimate of drug-likeness (QED) is 0.143. The molecule has 2 aliphatic rings. The Hall–Kier alpha value is -4.90. The molecule has 2 aliphatic heterocycles. The average molecular weight is 853 g/mol. The van der Waals surface area contributed by atoms with E-state index in [4.69, 9.17) is 4.74 Å². The van der Waals surface area contributed by atoms with Gasteiger partial charge in [-0.1, -0.05) is 94.8 Å². The van der Waals surface area contributed by atoms with Crippen molar-refractivity contribution in [1.29, 1.82) is 0 Å². The van der Waals surface area contributed by atoms with Crippen LogP contribution in [0, 0.1) is 5.41 Å². The van der Waals surface area contributed by atoms with E-state index in [-0.39, 0.29) is 19.4 Å². The van der Waals surface area contributed by atoms with Crippen LogP contribution in [0.5, 0.6) is 0 Å². The number of likely N-dealkylation sites (N-methyl/N-ethyl adjacent to an activating group) is 1. The number of likely N-dealkylation sites (tertiary alicyclic amines) is 1. The molecule has 320 valence electrons. The molecule has 1 spiro atoms. The van der Waals surface area contributed by atoms with Crippen LogP contribution in [0.3, 0.4) is 0 Å². The summed E-state index contributed by atoms with van der Waals surface area (Å²) in [6.07, 6.45) is 0.410. The second kappa shape index (κ2) is 20.9. The lowest BCUT2D eigenvalue weighted by Crippen LogP contribution is -2.59. The zero-order chi connectivity index (χ0) is 43.5. The number of carbonyl (C=O) groups is 8. The van der Waals surface area contributed by atoms with Crippen molar-refractivity contribution in [2.24, 2.45) is 5.41 Å². The molecule has 0 radical (unpaired) electrons. The van der Waals surface area contributed by atoms with Gasteiger partial charge in [0.1, 0.15) is 18.1 Å². The number of amides is 6. The molecular formula is C42H56N6O9S2. The number of nitrogens with zero attached hydrogens (tertiary/aromatic N) is 2. The van der Waals surface area contributed by atoms with Crippen LogP contribution >= 0.6 is 23.5 Å². The number of ether oxygens (including phenoxy) is 1. The highest BCUT2D eigenvalue weighted by molar-refractivity contribution is 8.18. The van der Waals surface area contributed by atoms with E-state index in [9.17, 15) is 38.4 Å². The van der Waals surface area contributed by atoms with Crippen molar-refractivity contribution >= 4 is 70.7 Å². The molecule has 0 saturated carbocycles. The first-order valence-electron chi connectivity index (χ1n) is 19.7. The number of nitrogens with one attached hydrogen (secondary N) is 4. The van der Waals surface area contributed by atoms with Gasteiger partial charge in [0.05, 0.1) is 16.7 Å². The molecule has 2 aromatic rings. The largest absolute Gasteiger partial charge is 0.447 e. The third-order valence-electron chi connectivity index (χ3n) is 9.89. The fourth-order valence-corrected chi connectivity index (χ4v) is 10.2. The molecule has 5 atom stereocenters. The molecular weight excluding hydrogens is 797 g/mol. The van der Waals surface area contributed by atoms with Crippen LogP contribution in [-0.2, 0) is 43.1 Å². The van der Waals surface area contributed by atoms with Crippen molar-refractivity contribution in [2.45, 2.75) is 94.7 Å². The van der Waals surface area contributed by atoms with Crippen LogP contribution in [0.15, 0.2) is 60.7 Å². The molecule has 6 amide bonds. The molecule has 0 bridgehead atoms. The maximum Gasteiger partial charge on any atom is 0.303 e. The van der Waals surface area contributed by atoms with E-state index in [1.807, 2.05) is 0 Å². The second-order valence-electron chi connectivity index (χ2n) is 15.9. The third-order valence-corrected chi connectivity index (χ3v) is 13.2. The lowest BCUT2D eigenvalue weighted by atomic mass is 9.85. The van der Waals surface area contributed by atoms with Crippen molar-refractivity contribution in [1.82, 2.24) is 31.1 Å². The smallest absolute Gasteiger partial charge is 0.303 e. The van der Waals surface area contributed by atoms with Crippen molar-refractivity contribution in [2.75, 3.05) is 38.7 Å². The molecule has 0 aliphatic carbocycles. The predicted molar refractivity (Wildman–Crippen MR) is 226 cm³/mol. The van der Waals surface area contributed by atoms with Crippen LogP contribution in [0.2, 0.25) is 0 Å². The Morgan fingerprint density at radius 1 is 0.881 bits per heavy atom. The Labute approximate surface area is 354 Å². The molecule has 0 aromatic heterocycles. The van der Waals surface area contributed by atoms with Crippen LogP contribution in [-0.4, -0.2) is 118 Å². The number of rotatable bonds is 16. The zero-order valence-corrected chi connectivity index (χ0v) is 36.3. The lowest BCUT2D eigenvalue weighted by molar-refractivity contribution is -0.156. The van der Waals surface area contributed by atoms with Gasteiger partial charge in [-0.25, -0.2) is 0 Å².